The molecular formula is C19H25N3O5S. The topological polar surface area (TPSA) is 113 Å². The summed E-state index contributed by atoms with van der Waals surface area (Å²) in [5.41, 5.74) is 0.394. The molecule has 2 fully saturated rings. The van der Waals surface area contributed by atoms with Gasteiger partial charge in [-0.3, -0.25) is 19.3 Å². The predicted molar refractivity (Wildman–Crippen MR) is 103 cm³/mol. The zero-order valence-corrected chi connectivity index (χ0v) is 16.8. The molecule has 0 aromatic heterocycles. The zero-order valence-electron chi connectivity index (χ0n) is 16.0. The summed E-state index contributed by atoms with van der Waals surface area (Å²) in [5, 5.41) is 2.61. The van der Waals surface area contributed by atoms with Crippen molar-refractivity contribution in [1.82, 2.24) is 9.62 Å². The van der Waals surface area contributed by atoms with Gasteiger partial charge in [0.25, 0.3) is 0 Å². The van der Waals surface area contributed by atoms with Crippen molar-refractivity contribution in [3.8, 4) is 0 Å². The molecule has 1 heterocycles. The second-order valence-corrected chi connectivity index (χ2v) is 9.32. The van der Waals surface area contributed by atoms with Crippen LogP contribution in [-0.4, -0.2) is 43.6 Å². The van der Waals surface area contributed by atoms with Gasteiger partial charge in [-0.15, -0.1) is 0 Å². The molecule has 3 rings (SSSR count). The lowest BCUT2D eigenvalue weighted by Crippen LogP contribution is -2.38. The molecule has 3 amide bonds. The number of nitrogens with zero attached hydrogens (tertiary/aromatic N) is 1. The Morgan fingerprint density at radius 3 is 2.11 bits per heavy atom. The fraction of sp³-hybridized carbons (Fsp3) is 0.526. The number of hydrogen-bond acceptors (Lipinski definition) is 5. The zero-order chi connectivity index (χ0) is 20.5. The van der Waals surface area contributed by atoms with E-state index in [1.165, 1.54) is 24.3 Å². The van der Waals surface area contributed by atoms with E-state index in [1.807, 2.05) is 0 Å². The highest BCUT2D eigenvalue weighted by Gasteiger charge is 2.48. The number of carbonyl (C=O) groups excluding carboxylic acids is 3. The first-order valence-corrected chi connectivity index (χ1v) is 10.9. The predicted octanol–water partition coefficient (Wildman–Crippen LogP) is 1.49. The van der Waals surface area contributed by atoms with Crippen LogP contribution in [0.25, 0.3) is 0 Å². The summed E-state index contributed by atoms with van der Waals surface area (Å²) in [6.07, 6.45) is 3.27. The molecule has 0 bridgehead atoms. The summed E-state index contributed by atoms with van der Waals surface area (Å²) in [6.45, 7) is 3.13. The van der Waals surface area contributed by atoms with Gasteiger partial charge in [-0.2, -0.15) is 0 Å². The highest BCUT2D eigenvalue weighted by Crippen LogP contribution is 2.37. The molecule has 0 spiro atoms. The van der Waals surface area contributed by atoms with Crippen molar-refractivity contribution in [3.63, 3.8) is 0 Å². The van der Waals surface area contributed by atoms with Crippen LogP contribution in [-0.2, 0) is 24.4 Å². The number of likely N-dealkylation sites (tertiary alicyclic amines) is 1. The maximum absolute atomic E-state index is 12.4. The van der Waals surface area contributed by atoms with E-state index >= 15 is 0 Å². The SMILES string of the molecule is CC(C)NS(=O)(=O)c1ccc(NC(=O)CN2C(=O)[C@H]3CCCC[C@@H]3C2=O)cc1. The van der Waals surface area contributed by atoms with E-state index in [2.05, 4.69) is 10.0 Å². The van der Waals surface area contributed by atoms with Gasteiger partial charge in [-0.1, -0.05) is 12.8 Å². The molecule has 28 heavy (non-hydrogen) atoms. The van der Waals surface area contributed by atoms with Gasteiger partial charge in [0.15, 0.2) is 0 Å². The van der Waals surface area contributed by atoms with E-state index in [-0.39, 0.29) is 41.1 Å². The summed E-state index contributed by atoms with van der Waals surface area (Å²) in [7, 11) is -3.61. The standard InChI is InChI=1S/C19H25N3O5S/c1-12(2)21-28(26,27)14-9-7-13(8-10-14)20-17(23)11-22-18(24)15-5-3-4-6-16(15)19(22)25/h7-10,12,15-16,21H,3-6,11H2,1-2H3,(H,20,23)/t15-,16-/m0/s1. The van der Waals surface area contributed by atoms with Crippen molar-refractivity contribution < 1.29 is 22.8 Å². The van der Waals surface area contributed by atoms with Crippen LogP contribution < -0.4 is 10.0 Å². The van der Waals surface area contributed by atoms with Gasteiger partial charge >= 0.3 is 0 Å². The van der Waals surface area contributed by atoms with Gasteiger partial charge in [0.2, 0.25) is 27.7 Å². The molecule has 9 heteroatoms. The molecule has 2 atom stereocenters. The quantitative estimate of drug-likeness (QED) is 0.694. The second kappa shape index (κ2) is 8.00. The Morgan fingerprint density at radius 2 is 1.61 bits per heavy atom. The van der Waals surface area contributed by atoms with Gasteiger partial charge in [-0.25, -0.2) is 13.1 Å². The van der Waals surface area contributed by atoms with E-state index in [9.17, 15) is 22.8 Å². The van der Waals surface area contributed by atoms with Gasteiger partial charge in [-0.05, 0) is 51.0 Å². The fourth-order valence-electron chi connectivity index (χ4n) is 3.83. The molecule has 1 aliphatic heterocycles. The fourth-order valence-corrected chi connectivity index (χ4v) is 5.08. The van der Waals surface area contributed by atoms with E-state index < -0.39 is 15.9 Å². The number of anilines is 1. The molecule has 152 valence electrons. The number of carbonyl (C=O) groups is 3. The van der Waals surface area contributed by atoms with Crippen molar-refractivity contribution in [2.45, 2.75) is 50.5 Å². The molecule has 1 saturated heterocycles. The van der Waals surface area contributed by atoms with Gasteiger partial charge in [0.05, 0.1) is 16.7 Å². The number of sulfonamides is 1. The van der Waals surface area contributed by atoms with E-state index in [1.54, 1.807) is 13.8 Å². The molecule has 0 unspecified atom stereocenters. The number of rotatable bonds is 6. The lowest BCUT2D eigenvalue weighted by Gasteiger charge is -2.19. The summed E-state index contributed by atoms with van der Waals surface area (Å²) in [6, 6.07) is 5.49. The first kappa shape index (κ1) is 20.5. The number of fused-ring (bicyclic) bond motifs is 1. The first-order valence-electron chi connectivity index (χ1n) is 9.46. The Morgan fingerprint density at radius 1 is 1.07 bits per heavy atom. The molecule has 2 aliphatic rings. The lowest BCUT2D eigenvalue weighted by atomic mass is 9.81. The molecule has 1 aromatic rings. The smallest absolute Gasteiger partial charge is 0.244 e. The largest absolute Gasteiger partial charge is 0.325 e. The Labute approximate surface area is 164 Å². The third kappa shape index (κ3) is 4.25. The number of benzene rings is 1. The monoisotopic (exact) mass is 407 g/mol. The van der Waals surface area contributed by atoms with E-state index in [0.29, 0.717) is 18.5 Å². The maximum Gasteiger partial charge on any atom is 0.244 e. The average molecular weight is 407 g/mol. The number of hydrogen-bond donors (Lipinski definition) is 2. The minimum absolute atomic E-state index is 0.0909. The number of amides is 3. The molecular weight excluding hydrogens is 382 g/mol. The Hall–Kier alpha value is -2.26. The van der Waals surface area contributed by atoms with Crippen LogP contribution >= 0.6 is 0 Å². The summed E-state index contributed by atoms with van der Waals surface area (Å²) in [5.74, 6) is -1.58. The first-order chi connectivity index (χ1) is 13.2. The molecule has 2 N–H and O–H groups in total. The molecule has 1 aliphatic carbocycles. The van der Waals surface area contributed by atoms with Gasteiger partial charge < -0.3 is 5.32 Å². The molecule has 8 nitrogen and oxygen atoms in total. The van der Waals surface area contributed by atoms with E-state index in [0.717, 1.165) is 17.7 Å². The molecule has 1 aromatic carbocycles. The summed E-state index contributed by atoms with van der Waals surface area (Å²) in [4.78, 5) is 38.3. The molecule has 0 radical (unpaired) electrons. The van der Waals surface area contributed by atoms with Crippen molar-refractivity contribution >= 4 is 33.4 Å². The van der Waals surface area contributed by atoms with Crippen LogP contribution in [0.2, 0.25) is 0 Å². The van der Waals surface area contributed by atoms with E-state index in [4.69, 9.17) is 0 Å². The van der Waals surface area contributed by atoms with Gasteiger partial charge in [0.1, 0.15) is 6.54 Å². The lowest BCUT2D eigenvalue weighted by molar-refractivity contribution is -0.142. The second-order valence-electron chi connectivity index (χ2n) is 7.61. The highest BCUT2D eigenvalue weighted by atomic mass is 32.2. The highest BCUT2D eigenvalue weighted by molar-refractivity contribution is 7.89. The third-order valence-electron chi connectivity index (χ3n) is 5.07. The normalized spacial score (nSPS) is 22.5. The van der Waals surface area contributed by atoms with Crippen molar-refractivity contribution in [1.29, 1.82) is 0 Å². The maximum atomic E-state index is 12.4. The van der Waals surface area contributed by atoms with Crippen LogP contribution in [0.1, 0.15) is 39.5 Å². The summed E-state index contributed by atoms with van der Waals surface area (Å²) >= 11 is 0. The third-order valence-corrected chi connectivity index (χ3v) is 6.75. The van der Waals surface area contributed by atoms with Crippen molar-refractivity contribution in [2.24, 2.45) is 11.8 Å². The number of nitrogens with one attached hydrogen (secondary N) is 2. The van der Waals surface area contributed by atoms with Gasteiger partial charge in [0, 0.05) is 11.7 Å². The Bertz CT molecular complexity index is 855. The summed E-state index contributed by atoms with van der Waals surface area (Å²) < 4.78 is 26.7. The number of imide groups is 1. The minimum atomic E-state index is -3.61. The Balaban J connectivity index is 1.62. The van der Waals surface area contributed by atoms with Crippen LogP contribution in [0.3, 0.4) is 0 Å². The van der Waals surface area contributed by atoms with Crippen LogP contribution in [0.4, 0.5) is 5.69 Å². The minimum Gasteiger partial charge on any atom is -0.325 e. The Kier molecular flexibility index (Phi) is 5.85. The van der Waals surface area contributed by atoms with Crippen LogP contribution in [0.15, 0.2) is 29.2 Å². The van der Waals surface area contributed by atoms with Crippen LogP contribution in [0.5, 0.6) is 0 Å². The molecule has 1 saturated carbocycles. The van der Waals surface area contributed by atoms with Crippen molar-refractivity contribution in [2.75, 3.05) is 11.9 Å². The van der Waals surface area contributed by atoms with Crippen molar-refractivity contribution in [3.05, 3.63) is 24.3 Å². The van der Waals surface area contributed by atoms with Crippen LogP contribution in [0, 0.1) is 11.8 Å². The average Bonchev–Trinajstić information content (AvgIpc) is 2.86.